The highest BCUT2D eigenvalue weighted by molar-refractivity contribution is 5.78. The number of hydrogen-bond acceptors (Lipinski definition) is 3. The molecule has 1 amide bonds. The van der Waals surface area contributed by atoms with E-state index in [9.17, 15) is 9.90 Å². The van der Waals surface area contributed by atoms with Crippen LogP contribution in [0.25, 0.3) is 0 Å². The van der Waals surface area contributed by atoms with Gasteiger partial charge in [-0.05, 0) is 45.7 Å². The normalized spacial score (nSPS) is 26.4. The van der Waals surface area contributed by atoms with Crippen LogP contribution >= 0.6 is 0 Å². The molecular weight excluding hydrogens is 324 g/mol. The molecule has 0 aromatic heterocycles. The number of allylic oxidation sites excluding steroid dienone is 3. The van der Waals surface area contributed by atoms with Crippen molar-refractivity contribution in [3.63, 3.8) is 0 Å². The third-order valence-electron chi connectivity index (χ3n) is 5.61. The number of para-hydroxylation sites is 1. The Morgan fingerprint density at radius 1 is 1.15 bits per heavy atom. The Labute approximate surface area is 156 Å². The molecule has 0 saturated carbocycles. The van der Waals surface area contributed by atoms with Gasteiger partial charge >= 0.3 is 0 Å². The lowest BCUT2D eigenvalue weighted by Crippen LogP contribution is -2.53. The number of benzene rings is 1. The van der Waals surface area contributed by atoms with E-state index in [0.717, 1.165) is 13.0 Å². The molecule has 1 saturated heterocycles. The van der Waals surface area contributed by atoms with Crippen LogP contribution in [0, 0.1) is 0 Å². The fourth-order valence-corrected chi connectivity index (χ4v) is 4.48. The Bertz CT molecular complexity index is 759. The van der Waals surface area contributed by atoms with Gasteiger partial charge in [-0.25, -0.2) is 0 Å². The summed E-state index contributed by atoms with van der Waals surface area (Å²) >= 11 is 0. The molecule has 4 nitrogen and oxygen atoms in total. The predicted octanol–water partition coefficient (Wildman–Crippen LogP) is 3.96. The zero-order valence-electron chi connectivity index (χ0n) is 16.5. The molecule has 0 radical (unpaired) electrons. The van der Waals surface area contributed by atoms with Gasteiger partial charge in [-0.3, -0.25) is 9.69 Å². The van der Waals surface area contributed by atoms with Crippen molar-refractivity contribution in [2.45, 2.75) is 65.3 Å². The maximum Gasteiger partial charge on any atom is 0.223 e. The molecule has 1 N–H and O–H groups in total. The second-order valence-corrected chi connectivity index (χ2v) is 8.08. The lowest BCUT2D eigenvalue weighted by Gasteiger charge is -2.37. The van der Waals surface area contributed by atoms with E-state index in [1.165, 1.54) is 22.4 Å². The van der Waals surface area contributed by atoms with Crippen LogP contribution in [-0.4, -0.2) is 34.9 Å². The first kappa shape index (κ1) is 18.7. The Kier molecular flexibility index (Phi) is 4.98. The third kappa shape index (κ3) is 2.96. The predicted molar refractivity (Wildman–Crippen MR) is 106 cm³/mol. The number of fused-ring (bicyclic) bond motifs is 3. The van der Waals surface area contributed by atoms with Crippen molar-refractivity contribution in [1.82, 2.24) is 4.90 Å². The summed E-state index contributed by atoms with van der Waals surface area (Å²) in [4.78, 5) is 16.4. The number of aliphatic hydroxyl groups excluding tert-OH is 1. The van der Waals surface area contributed by atoms with Crippen molar-refractivity contribution in [3.8, 4) is 0 Å². The topological polar surface area (TPSA) is 43.8 Å². The van der Waals surface area contributed by atoms with Crippen LogP contribution in [0.5, 0.6) is 0 Å². The highest BCUT2D eigenvalue weighted by atomic mass is 16.3. The van der Waals surface area contributed by atoms with Gasteiger partial charge in [-0.1, -0.05) is 41.5 Å². The smallest absolute Gasteiger partial charge is 0.223 e. The van der Waals surface area contributed by atoms with E-state index >= 15 is 0 Å². The van der Waals surface area contributed by atoms with Gasteiger partial charge in [-0.15, -0.1) is 0 Å². The number of aliphatic hydroxyl groups is 1. The quantitative estimate of drug-likeness (QED) is 0.832. The van der Waals surface area contributed by atoms with E-state index in [2.05, 4.69) is 69.0 Å². The van der Waals surface area contributed by atoms with Crippen molar-refractivity contribution in [2.24, 2.45) is 0 Å². The SMILES string of the molecule is CC(=O)N1[C@H](O)C[C@]2(CC=C(C)C)c3ccccc3N(CC=C(C)C)[C@H]12. The van der Waals surface area contributed by atoms with Gasteiger partial charge in [0.2, 0.25) is 5.91 Å². The number of carbonyl (C=O) groups excluding carboxylic acids is 1. The highest BCUT2D eigenvalue weighted by Gasteiger charge is 2.60. The van der Waals surface area contributed by atoms with Crippen LogP contribution in [-0.2, 0) is 10.2 Å². The molecule has 3 rings (SSSR count). The van der Waals surface area contributed by atoms with E-state index in [-0.39, 0.29) is 17.5 Å². The van der Waals surface area contributed by atoms with Crippen LogP contribution in [0.15, 0.2) is 47.6 Å². The first-order valence-corrected chi connectivity index (χ1v) is 9.38. The summed E-state index contributed by atoms with van der Waals surface area (Å²) in [6, 6.07) is 8.42. The second-order valence-electron chi connectivity index (χ2n) is 8.08. The summed E-state index contributed by atoms with van der Waals surface area (Å²) in [7, 11) is 0. The summed E-state index contributed by atoms with van der Waals surface area (Å²) in [5.41, 5.74) is 4.66. The maximum atomic E-state index is 12.4. The highest BCUT2D eigenvalue weighted by Crippen LogP contribution is 2.55. The number of likely N-dealkylation sites (tertiary alicyclic amines) is 1. The molecule has 2 aliphatic heterocycles. The molecule has 0 bridgehead atoms. The van der Waals surface area contributed by atoms with E-state index in [1.807, 2.05) is 0 Å². The number of amides is 1. The van der Waals surface area contributed by atoms with Crippen molar-refractivity contribution in [3.05, 3.63) is 53.1 Å². The molecule has 1 aromatic rings. The molecule has 26 heavy (non-hydrogen) atoms. The Morgan fingerprint density at radius 3 is 2.42 bits per heavy atom. The van der Waals surface area contributed by atoms with Gasteiger partial charge in [0.1, 0.15) is 12.4 Å². The summed E-state index contributed by atoms with van der Waals surface area (Å²) in [6.07, 6.45) is 4.93. The average molecular weight is 354 g/mol. The van der Waals surface area contributed by atoms with Crippen LogP contribution < -0.4 is 4.90 Å². The monoisotopic (exact) mass is 354 g/mol. The average Bonchev–Trinajstić information content (AvgIpc) is 2.99. The van der Waals surface area contributed by atoms with E-state index in [0.29, 0.717) is 6.42 Å². The first-order valence-electron chi connectivity index (χ1n) is 9.38. The number of hydrogen-bond donors (Lipinski definition) is 1. The Morgan fingerprint density at radius 2 is 1.81 bits per heavy atom. The summed E-state index contributed by atoms with van der Waals surface area (Å²) in [5.74, 6) is -0.0726. The molecular formula is C22H30N2O2. The summed E-state index contributed by atoms with van der Waals surface area (Å²) < 4.78 is 0. The molecule has 0 aliphatic carbocycles. The summed E-state index contributed by atoms with van der Waals surface area (Å²) in [6.45, 7) is 10.7. The lowest BCUT2D eigenvalue weighted by molar-refractivity contribution is -0.138. The van der Waals surface area contributed by atoms with Gasteiger partial charge in [0.25, 0.3) is 0 Å². The van der Waals surface area contributed by atoms with Crippen molar-refractivity contribution < 1.29 is 9.90 Å². The zero-order valence-corrected chi connectivity index (χ0v) is 16.5. The van der Waals surface area contributed by atoms with E-state index < -0.39 is 6.23 Å². The van der Waals surface area contributed by atoms with Crippen LogP contribution in [0.4, 0.5) is 5.69 Å². The Hall–Kier alpha value is -2.07. The van der Waals surface area contributed by atoms with Crippen LogP contribution in [0.2, 0.25) is 0 Å². The van der Waals surface area contributed by atoms with E-state index in [4.69, 9.17) is 0 Å². The van der Waals surface area contributed by atoms with Crippen LogP contribution in [0.1, 0.15) is 53.0 Å². The van der Waals surface area contributed by atoms with Crippen molar-refractivity contribution in [1.29, 1.82) is 0 Å². The molecule has 2 heterocycles. The molecule has 2 aliphatic rings. The minimum atomic E-state index is -0.745. The third-order valence-corrected chi connectivity index (χ3v) is 5.61. The van der Waals surface area contributed by atoms with Crippen LogP contribution in [0.3, 0.4) is 0 Å². The molecule has 1 fully saturated rings. The van der Waals surface area contributed by atoms with Gasteiger partial charge in [0, 0.05) is 31.0 Å². The maximum absolute atomic E-state index is 12.4. The number of rotatable bonds is 4. The minimum absolute atomic E-state index is 0.0726. The molecule has 1 aromatic carbocycles. The number of carbonyl (C=O) groups is 1. The van der Waals surface area contributed by atoms with Crippen molar-refractivity contribution >= 4 is 11.6 Å². The molecule has 4 heteroatoms. The minimum Gasteiger partial charge on any atom is -0.373 e. The van der Waals surface area contributed by atoms with Crippen molar-refractivity contribution in [2.75, 3.05) is 11.4 Å². The number of anilines is 1. The number of nitrogens with zero attached hydrogens (tertiary/aromatic N) is 2. The fourth-order valence-electron chi connectivity index (χ4n) is 4.48. The molecule has 0 unspecified atom stereocenters. The molecule has 140 valence electrons. The zero-order chi connectivity index (χ0) is 19.1. The van der Waals surface area contributed by atoms with Gasteiger partial charge in [0.05, 0.1) is 0 Å². The standard InChI is InChI=1S/C22H30N2O2/c1-15(2)10-12-22-14-20(26)24(17(5)25)21(22)23(13-11-16(3)4)19-9-7-6-8-18(19)22/h6-11,20-21,26H,12-14H2,1-5H3/t20-,21-,22-/m1/s1. The Balaban J connectivity index is 2.17. The largest absolute Gasteiger partial charge is 0.373 e. The molecule has 0 spiro atoms. The fraction of sp³-hybridized carbons (Fsp3) is 0.500. The van der Waals surface area contributed by atoms with E-state index in [1.54, 1.807) is 11.8 Å². The summed E-state index contributed by atoms with van der Waals surface area (Å²) in [5, 5.41) is 10.8. The van der Waals surface area contributed by atoms with Gasteiger partial charge in [-0.2, -0.15) is 0 Å². The van der Waals surface area contributed by atoms with Gasteiger partial charge < -0.3 is 10.0 Å². The molecule has 3 atom stereocenters. The lowest BCUT2D eigenvalue weighted by atomic mass is 9.75. The second kappa shape index (κ2) is 6.92. The first-order chi connectivity index (χ1) is 12.3. The van der Waals surface area contributed by atoms with Gasteiger partial charge in [0.15, 0.2) is 0 Å².